The van der Waals surface area contributed by atoms with Crippen LogP contribution < -0.4 is 10.6 Å². The Bertz CT molecular complexity index is 379. The highest BCUT2D eigenvalue weighted by atomic mass is 16.6. The molecule has 1 atom stereocenters. The number of benzene rings is 1. The van der Waals surface area contributed by atoms with Crippen molar-refractivity contribution in [3.8, 4) is 0 Å². The molecule has 0 radical (unpaired) electrons. The fraction of sp³-hybridized carbons (Fsp3) is 0.364. The smallest absolute Gasteiger partial charge is 0.414 e. The minimum Gasteiger partial charge on any atom is -0.444 e. The van der Waals surface area contributed by atoms with Crippen LogP contribution in [0.4, 0.5) is 10.5 Å². The number of rotatable bonds is 2. The molecule has 0 aliphatic carbocycles. The number of ether oxygens (including phenoxy) is 1. The maximum absolute atomic E-state index is 11.5. The topological polar surface area (TPSA) is 55.6 Å². The van der Waals surface area contributed by atoms with Gasteiger partial charge in [-0.05, 0) is 18.6 Å². The molecular formula is C11H14N2O2. The van der Waals surface area contributed by atoms with Crippen LogP contribution in [0.1, 0.15) is 12.5 Å². The molecule has 1 fully saturated rings. The van der Waals surface area contributed by atoms with Crippen LogP contribution in [0.2, 0.25) is 0 Å². The van der Waals surface area contributed by atoms with Gasteiger partial charge in [0.05, 0.1) is 12.2 Å². The van der Waals surface area contributed by atoms with Crippen molar-refractivity contribution >= 4 is 11.8 Å². The third-order valence-electron chi connectivity index (χ3n) is 2.46. The normalized spacial score (nSPS) is 20.5. The fourth-order valence-corrected chi connectivity index (χ4v) is 1.75. The first-order chi connectivity index (χ1) is 7.22. The Morgan fingerprint density at radius 1 is 1.53 bits per heavy atom. The van der Waals surface area contributed by atoms with E-state index in [2.05, 4.69) is 0 Å². The van der Waals surface area contributed by atoms with E-state index in [1.807, 2.05) is 31.2 Å². The summed E-state index contributed by atoms with van der Waals surface area (Å²) in [5.74, 6) is 0. The van der Waals surface area contributed by atoms with E-state index in [1.165, 1.54) is 0 Å². The molecule has 1 unspecified atom stereocenters. The molecule has 2 rings (SSSR count). The zero-order chi connectivity index (χ0) is 10.8. The lowest BCUT2D eigenvalue weighted by molar-refractivity contribution is 0.150. The zero-order valence-electron chi connectivity index (χ0n) is 8.64. The molecular weight excluding hydrogens is 192 g/mol. The van der Waals surface area contributed by atoms with Gasteiger partial charge in [-0.1, -0.05) is 18.2 Å². The van der Waals surface area contributed by atoms with Crippen LogP contribution in [-0.4, -0.2) is 18.7 Å². The van der Waals surface area contributed by atoms with Crippen molar-refractivity contribution in [1.82, 2.24) is 0 Å². The van der Waals surface area contributed by atoms with Gasteiger partial charge in [0.15, 0.2) is 0 Å². The first kappa shape index (κ1) is 9.98. The molecule has 1 aliphatic rings. The second kappa shape index (κ2) is 3.90. The molecule has 4 nitrogen and oxygen atoms in total. The number of hydrogen-bond donors (Lipinski definition) is 1. The zero-order valence-corrected chi connectivity index (χ0v) is 8.64. The Labute approximate surface area is 88.6 Å². The standard InChI is InChI=1S/C11H14N2O2/c1-8-7-13(11(14)15-8)10-5-3-2-4-9(10)6-12/h2-5,8H,6-7,12H2,1H3. The van der Waals surface area contributed by atoms with Crippen LogP contribution in [0.25, 0.3) is 0 Å². The van der Waals surface area contributed by atoms with Gasteiger partial charge >= 0.3 is 6.09 Å². The highest BCUT2D eigenvalue weighted by molar-refractivity contribution is 5.90. The van der Waals surface area contributed by atoms with Gasteiger partial charge in [-0.3, -0.25) is 4.90 Å². The second-order valence-electron chi connectivity index (χ2n) is 3.64. The van der Waals surface area contributed by atoms with Crippen LogP contribution in [0, 0.1) is 0 Å². The number of amides is 1. The summed E-state index contributed by atoms with van der Waals surface area (Å²) in [5.41, 5.74) is 7.44. The van der Waals surface area contributed by atoms with E-state index in [-0.39, 0.29) is 12.2 Å². The minimum absolute atomic E-state index is 0.0525. The number of hydrogen-bond acceptors (Lipinski definition) is 3. The Balaban J connectivity index is 2.33. The van der Waals surface area contributed by atoms with Crippen LogP contribution in [0.5, 0.6) is 0 Å². The van der Waals surface area contributed by atoms with E-state index in [0.717, 1.165) is 11.3 Å². The number of anilines is 1. The lowest BCUT2D eigenvalue weighted by atomic mass is 10.1. The summed E-state index contributed by atoms with van der Waals surface area (Å²) in [4.78, 5) is 13.1. The third kappa shape index (κ3) is 1.80. The molecule has 1 heterocycles. The molecule has 0 bridgehead atoms. The van der Waals surface area contributed by atoms with E-state index < -0.39 is 0 Å². The second-order valence-corrected chi connectivity index (χ2v) is 3.64. The minimum atomic E-state index is -0.289. The molecule has 1 aliphatic heterocycles. The molecule has 1 saturated heterocycles. The van der Waals surface area contributed by atoms with E-state index in [0.29, 0.717) is 13.1 Å². The summed E-state index contributed by atoms with van der Waals surface area (Å²) in [6.07, 6.45) is -0.341. The molecule has 2 N–H and O–H groups in total. The molecule has 0 aromatic heterocycles. The number of carbonyl (C=O) groups excluding carboxylic acids is 1. The van der Waals surface area contributed by atoms with Gasteiger partial charge in [-0.15, -0.1) is 0 Å². The van der Waals surface area contributed by atoms with Gasteiger partial charge in [-0.2, -0.15) is 0 Å². The first-order valence-corrected chi connectivity index (χ1v) is 4.98. The lowest BCUT2D eigenvalue weighted by Gasteiger charge is -2.16. The molecule has 80 valence electrons. The number of nitrogens with two attached hydrogens (primary N) is 1. The molecule has 4 heteroatoms. The van der Waals surface area contributed by atoms with Crippen molar-refractivity contribution in [1.29, 1.82) is 0 Å². The largest absolute Gasteiger partial charge is 0.444 e. The summed E-state index contributed by atoms with van der Waals surface area (Å²) in [6.45, 7) is 2.90. The van der Waals surface area contributed by atoms with Crippen molar-refractivity contribution < 1.29 is 9.53 Å². The number of cyclic esters (lactones) is 1. The van der Waals surface area contributed by atoms with Crippen LogP contribution in [0.15, 0.2) is 24.3 Å². The highest BCUT2D eigenvalue weighted by Gasteiger charge is 2.30. The molecule has 1 aromatic rings. The maximum atomic E-state index is 11.5. The van der Waals surface area contributed by atoms with Gasteiger partial charge in [0.2, 0.25) is 0 Å². The van der Waals surface area contributed by atoms with E-state index in [1.54, 1.807) is 4.90 Å². The Kier molecular flexibility index (Phi) is 2.60. The SMILES string of the molecule is CC1CN(c2ccccc2CN)C(=O)O1. The fourth-order valence-electron chi connectivity index (χ4n) is 1.75. The Morgan fingerprint density at radius 2 is 2.27 bits per heavy atom. The summed E-state index contributed by atoms with van der Waals surface area (Å²) in [5, 5.41) is 0. The molecule has 0 saturated carbocycles. The van der Waals surface area contributed by atoms with Crippen LogP contribution >= 0.6 is 0 Å². The molecule has 0 spiro atoms. The average Bonchev–Trinajstić information content (AvgIpc) is 2.57. The quantitative estimate of drug-likeness (QED) is 0.797. The highest BCUT2D eigenvalue weighted by Crippen LogP contribution is 2.24. The van der Waals surface area contributed by atoms with Gasteiger partial charge in [0.25, 0.3) is 0 Å². The van der Waals surface area contributed by atoms with Crippen molar-refractivity contribution in [3.05, 3.63) is 29.8 Å². The molecule has 1 aromatic carbocycles. The lowest BCUT2D eigenvalue weighted by Crippen LogP contribution is -2.25. The molecule has 1 amide bonds. The van der Waals surface area contributed by atoms with Gasteiger partial charge in [-0.25, -0.2) is 4.79 Å². The van der Waals surface area contributed by atoms with Crippen LogP contribution in [0.3, 0.4) is 0 Å². The Hall–Kier alpha value is -1.55. The van der Waals surface area contributed by atoms with Gasteiger partial charge in [0, 0.05) is 6.54 Å². The number of nitrogens with zero attached hydrogens (tertiary/aromatic N) is 1. The third-order valence-corrected chi connectivity index (χ3v) is 2.46. The molecule has 15 heavy (non-hydrogen) atoms. The van der Waals surface area contributed by atoms with Crippen molar-refractivity contribution in [3.63, 3.8) is 0 Å². The predicted molar refractivity (Wildman–Crippen MR) is 57.6 cm³/mol. The van der Waals surface area contributed by atoms with Gasteiger partial charge < -0.3 is 10.5 Å². The average molecular weight is 206 g/mol. The van der Waals surface area contributed by atoms with Gasteiger partial charge in [0.1, 0.15) is 6.10 Å². The first-order valence-electron chi connectivity index (χ1n) is 4.98. The monoisotopic (exact) mass is 206 g/mol. The van der Waals surface area contributed by atoms with E-state index >= 15 is 0 Å². The van der Waals surface area contributed by atoms with Crippen LogP contribution in [-0.2, 0) is 11.3 Å². The summed E-state index contributed by atoms with van der Waals surface area (Å²) < 4.78 is 5.07. The van der Waals surface area contributed by atoms with E-state index in [4.69, 9.17) is 10.5 Å². The van der Waals surface area contributed by atoms with Crippen molar-refractivity contribution in [2.75, 3.05) is 11.4 Å². The maximum Gasteiger partial charge on any atom is 0.414 e. The summed E-state index contributed by atoms with van der Waals surface area (Å²) >= 11 is 0. The van der Waals surface area contributed by atoms with E-state index in [9.17, 15) is 4.79 Å². The summed E-state index contributed by atoms with van der Waals surface area (Å²) in [6, 6.07) is 7.62. The Morgan fingerprint density at radius 3 is 2.87 bits per heavy atom. The number of para-hydroxylation sites is 1. The predicted octanol–water partition coefficient (Wildman–Crippen LogP) is 1.49. The number of carbonyl (C=O) groups is 1. The van der Waals surface area contributed by atoms with Crippen molar-refractivity contribution in [2.24, 2.45) is 5.73 Å². The summed E-state index contributed by atoms with van der Waals surface area (Å²) in [7, 11) is 0. The van der Waals surface area contributed by atoms with Crippen molar-refractivity contribution in [2.45, 2.75) is 19.6 Å².